The maximum Gasteiger partial charge on any atom is 0.209 e. The van der Waals surface area contributed by atoms with E-state index in [0.717, 1.165) is 12.1 Å². The topological polar surface area (TPSA) is 60.2 Å². The Hall–Kier alpha value is -2.02. The molecule has 0 amide bonds. The van der Waals surface area contributed by atoms with Crippen LogP contribution in [0.2, 0.25) is 0 Å². The molecular weight excluding hydrogens is 212 g/mol. The summed E-state index contributed by atoms with van der Waals surface area (Å²) in [6, 6.07) is 9.64. The van der Waals surface area contributed by atoms with Crippen molar-refractivity contribution < 1.29 is 0 Å². The Kier molecular flexibility index (Phi) is 4.53. The number of rotatable bonds is 3. The summed E-state index contributed by atoms with van der Waals surface area (Å²) in [6.45, 7) is 6.12. The minimum Gasteiger partial charge on any atom is -0.326 e. The molecule has 2 N–H and O–H groups in total. The summed E-state index contributed by atoms with van der Waals surface area (Å²) in [4.78, 5) is 4.48. The van der Waals surface area contributed by atoms with Gasteiger partial charge in [0.1, 0.15) is 0 Å². The van der Waals surface area contributed by atoms with E-state index >= 15 is 0 Å². The Labute approximate surface area is 102 Å². The maximum absolute atomic E-state index is 8.70. The molecule has 17 heavy (non-hydrogen) atoms. The van der Waals surface area contributed by atoms with Crippen molar-refractivity contribution >= 4 is 11.6 Å². The first-order valence-corrected chi connectivity index (χ1v) is 5.64. The van der Waals surface area contributed by atoms with Gasteiger partial charge in [-0.2, -0.15) is 5.26 Å². The van der Waals surface area contributed by atoms with Gasteiger partial charge in [0.15, 0.2) is 6.19 Å². The second kappa shape index (κ2) is 5.90. The monoisotopic (exact) mass is 230 g/mol. The van der Waals surface area contributed by atoms with E-state index in [0.29, 0.717) is 5.96 Å². The average Bonchev–Trinajstić information content (AvgIpc) is 2.30. The molecule has 0 aliphatic heterocycles. The lowest BCUT2D eigenvalue weighted by Crippen LogP contribution is -2.31. The number of benzene rings is 1. The van der Waals surface area contributed by atoms with E-state index in [4.69, 9.17) is 5.26 Å². The van der Waals surface area contributed by atoms with E-state index in [1.165, 1.54) is 0 Å². The third kappa shape index (κ3) is 4.56. The van der Waals surface area contributed by atoms with Crippen LogP contribution in [0.15, 0.2) is 35.3 Å². The summed E-state index contributed by atoms with van der Waals surface area (Å²) < 4.78 is 0. The molecule has 0 aliphatic carbocycles. The van der Waals surface area contributed by atoms with E-state index in [-0.39, 0.29) is 5.54 Å². The molecule has 0 radical (unpaired) electrons. The molecule has 0 saturated heterocycles. The van der Waals surface area contributed by atoms with Crippen molar-refractivity contribution in [3.63, 3.8) is 0 Å². The lowest BCUT2D eigenvalue weighted by Gasteiger charge is -2.19. The largest absolute Gasteiger partial charge is 0.326 e. The van der Waals surface area contributed by atoms with Crippen molar-refractivity contribution in [3.05, 3.63) is 30.3 Å². The van der Waals surface area contributed by atoms with Crippen molar-refractivity contribution in [2.24, 2.45) is 4.99 Å². The number of para-hydroxylation sites is 1. The first-order chi connectivity index (χ1) is 8.07. The molecule has 0 heterocycles. The summed E-state index contributed by atoms with van der Waals surface area (Å²) in [7, 11) is 0. The minimum absolute atomic E-state index is 0.193. The number of guanidine groups is 1. The summed E-state index contributed by atoms with van der Waals surface area (Å²) >= 11 is 0. The number of nitriles is 1. The molecule has 1 aromatic carbocycles. The number of hydrogen-bond acceptors (Lipinski definition) is 2. The zero-order valence-corrected chi connectivity index (χ0v) is 10.5. The maximum atomic E-state index is 8.70. The van der Waals surface area contributed by atoms with Gasteiger partial charge in [0.25, 0.3) is 0 Å². The highest BCUT2D eigenvalue weighted by molar-refractivity contribution is 5.94. The molecule has 0 fully saturated rings. The molecule has 0 aromatic heterocycles. The quantitative estimate of drug-likeness (QED) is 0.363. The van der Waals surface area contributed by atoms with Gasteiger partial charge in [0.05, 0.1) is 5.54 Å². The lowest BCUT2D eigenvalue weighted by atomic mass is 10.0. The normalized spacial score (nSPS) is 11.8. The molecule has 1 rings (SSSR count). The smallest absolute Gasteiger partial charge is 0.209 e. The Morgan fingerprint density at radius 3 is 2.53 bits per heavy atom. The third-order valence-corrected chi connectivity index (χ3v) is 2.49. The molecule has 0 bridgehead atoms. The third-order valence-electron chi connectivity index (χ3n) is 2.49. The van der Waals surface area contributed by atoms with Gasteiger partial charge >= 0.3 is 0 Å². The van der Waals surface area contributed by atoms with E-state index in [2.05, 4.69) is 22.5 Å². The van der Waals surface area contributed by atoms with Gasteiger partial charge in [0.2, 0.25) is 5.96 Å². The average molecular weight is 230 g/mol. The molecular formula is C13H18N4. The fourth-order valence-electron chi connectivity index (χ4n) is 1.18. The van der Waals surface area contributed by atoms with Gasteiger partial charge in [-0.05, 0) is 32.4 Å². The molecule has 4 heteroatoms. The van der Waals surface area contributed by atoms with Gasteiger partial charge < -0.3 is 5.32 Å². The fourth-order valence-corrected chi connectivity index (χ4v) is 1.18. The molecule has 0 unspecified atom stereocenters. The summed E-state index contributed by atoms with van der Waals surface area (Å²) in [5.41, 5.74) is 0.710. The Balaban J connectivity index is 2.85. The van der Waals surface area contributed by atoms with Crippen molar-refractivity contribution in [2.75, 3.05) is 5.32 Å². The SMILES string of the molecule is CCC(C)(C)N=C(NC#N)Nc1ccccc1. The van der Waals surface area contributed by atoms with Crippen molar-refractivity contribution in [1.82, 2.24) is 5.32 Å². The Morgan fingerprint density at radius 2 is 2.00 bits per heavy atom. The Bertz CT molecular complexity index is 415. The van der Waals surface area contributed by atoms with Gasteiger partial charge in [-0.1, -0.05) is 25.1 Å². The van der Waals surface area contributed by atoms with Gasteiger partial charge in [0, 0.05) is 5.69 Å². The number of anilines is 1. The number of hydrogen-bond donors (Lipinski definition) is 2. The summed E-state index contributed by atoms with van der Waals surface area (Å²) in [6.07, 6.45) is 2.79. The highest BCUT2D eigenvalue weighted by Crippen LogP contribution is 2.14. The lowest BCUT2D eigenvalue weighted by molar-refractivity contribution is 0.503. The van der Waals surface area contributed by atoms with Gasteiger partial charge in [-0.15, -0.1) is 0 Å². The zero-order chi connectivity index (χ0) is 12.7. The Morgan fingerprint density at radius 1 is 1.35 bits per heavy atom. The van der Waals surface area contributed by atoms with Crippen LogP contribution < -0.4 is 10.6 Å². The van der Waals surface area contributed by atoms with Crippen LogP contribution >= 0.6 is 0 Å². The van der Waals surface area contributed by atoms with Crippen molar-refractivity contribution in [3.8, 4) is 6.19 Å². The molecule has 90 valence electrons. The zero-order valence-electron chi connectivity index (χ0n) is 10.5. The van der Waals surface area contributed by atoms with Crippen LogP contribution in [-0.2, 0) is 0 Å². The van der Waals surface area contributed by atoms with Crippen LogP contribution in [0.1, 0.15) is 27.2 Å². The highest BCUT2D eigenvalue weighted by Gasteiger charge is 2.14. The second-order valence-electron chi connectivity index (χ2n) is 4.35. The molecule has 0 spiro atoms. The summed E-state index contributed by atoms with van der Waals surface area (Å²) in [5.74, 6) is 0.477. The molecule has 1 aromatic rings. The van der Waals surface area contributed by atoms with Crippen LogP contribution in [0.25, 0.3) is 0 Å². The molecule has 0 aliphatic rings. The number of aliphatic imine (C=N–C) groups is 1. The van der Waals surface area contributed by atoms with Crippen LogP contribution in [0.5, 0.6) is 0 Å². The van der Waals surface area contributed by atoms with Gasteiger partial charge in [-0.3, -0.25) is 5.32 Å². The van der Waals surface area contributed by atoms with Crippen LogP contribution in [0.4, 0.5) is 5.69 Å². The summed E-state index contributed by atoms with van der Waals surface area (Å²) in [5, 5.41) is 14.4. The van der Waals surface area contributed by atoms with Crippen LogP contribution in [-0.4, -0.2) is 11.5 Å². The second-order valence-corrected chi connectivity index (χ2v) is 4.35. The van der Waals surface area contributed by atoms with E-state index in [1.54, 1.807) is 0 Å². The van der Waals surface area contributed by atoms with E-state index in [9.17, 15) is 0 Å². The van der Waals surface area contributed by atoms with Gasteiger partial charge in [-0.25, -0.2) is 4.99 Å². The standard InChI is InChI=1S/C13H18N4/c1-4-13(2,3)17-12(15-10-14)16-11-8-6-5-7-9-11/h5-9H,4H2,1-3H3,(H2,15,16,17). The molecule has 0 atom stereocenters. The molecule has 4 nitrogen and oxygen atoms in total. The first-order valence-electron chi connectivity index (χ1n) is 5.64. The van der Waals surface area contributed by atoms with Crippen LogP contribution in [0.3, 0.4) is 0 Å². The minimum atomic E-state index is -0.193. The first kappa shape index (κ1) is 13.0. The highest BCUT2D eigenvalue weighted by atomic mass is 15.2. The predicted octanol–water partition coefficient (Wildman–Crippen LogP) is 2.71. The molecule has 0 saturated carbocycles. The van der Waals surface area contributed by atoms with E-state index in [1.807, 2.05) is 50.4 Å². The van der Waals surface area contributed by atoms with Crippen molar-refractivity contribution in [2.45, 2.75) is 32.7 Å². The van der Waals surface area contributed by atoms with Crippen LogP contribution in [0, 0.1) is 11.5 Å². The number of nitrogens with zero attached hydrogens (tertiary/aromatic N) is 2. The van der Waals surface area contributed by atoms with Crippen molar-refractivity contribution in [1.29, 1.82) is 5.26 Å². The fraction of sp³-hybridized carbons (Fsp3) is 0.385. The van der Waals surface area contributed by atoms with E-state index < -0.39 is 0 Å². The predicted molar refractivity (Wildman–Crippen MR) is 70.6 cm³/mol. The number of nitrogens with one attached hydrogen (secondary N) is 2.